The summed E-state index contributed by atoms with van der Waals surface area (Å²) in [5.74, 6) is -1.76. The number of carboxylic acids is 1. The number of carbonyl (C=O) groups excluding carboxylic acids is 1. The van der Waals surface area contributed by atoms with E-state index in [9.17, 15) is 14.4 Å². The number of hydrogen-bond donors (Lipinski definition) is 2. The summed E-state index contributed by atoms with van der Waals surface area (Å²) in [6, 6.07) is 10.3. The van der Waals surface area contributed by atoms with E-state index in [1.54, 1.807) is 6.92 Å². The monoisotopic (exact) mass is 300 g/mol. The quantitative estimate of drug-likeness (QED) is 0.872. The molecule has 1 aromatic carbocycles. The Morgan fingerprint density at radius 3 is 2.50 bits per heavy atom. The molecule has 0 aliphatic carbocycles. The van der Waals surface area contributed by atoms with E-state index in [0.717, 1.165) is 11.6 Å². The number of aromatic carboxylic acids is 1. The Hall–Kier alpha value is -2.89. The molecular formula is C16H16N2O4. The lowest BCUT2D eigenvalue weighted by atomic mass is 10.1. The number of amides is 1. The maximum Gasteiger partial charge on any atom is 0.337 e. The van der Waals surface area contributed by atoms with Crippen LogP contribution in [0.3, 0.4) is 0 Å². The van der Waals surface area contributed by atoms with Crippen LogP contribution < -0.4 is 10.9 Å². The molecule has 0 radical (unpaired) electrons. The molecule has 6 heteroatoms. The van der Waals surface area contributed by atoms with Gasteiger partial charge >= 0.3 is 5.97 Å². The highest BCUT2D eigenvalue weighted by molar-refractivity contribution is 5.96. The predicted octanol–water partition coefficient (Wildman–Crippen LogP) is 1.34. The van der Waals surface area contributed by atoms with Gasteiger partial charge in [-0.05, 0) is 18.6 Å². The van der Waals surface area contributed by atoms with Crippen molar-refractivity contribution in [3.63, 3.8) is 0 Å². The molecule has 0 spiro atoms. The summed E-state index contributed by atoms with van der Waals surface area (Å²) in [6.45, 7) is 2.28. The Labute approximate surface area is 127 Å². The van der Waals surface area contributed by atoms with Crippen molar-refractivity contribution in [1.29, 1.82) is 0 Å². The molecule has 1 amide bonds. The Bertz CT molecular complexity index is 750. The Balaban J connectivity index is 2.50. The van der Waals surface area contributed by atoms with E-state index in [2.05, 4.69) is 5.32 Å². The smallest absolute Gasteiger partial charge is 0.337 e. The highest BCUT2D eigenvalue weighted by Gasteiger charge is 2.16. The Morgan fingerprint density at radius 1 is 1.23 bits per heavy atom. The minimum absolute atomic E-state index is 0.100. The molecule has 0 unspecified atom stereocenters. The molecule has 0 fully saturated rings. The number of nitrogens with one attached hydrogen (secondary N) is 1. The van der Waals surface area contributed by atoms with E-state index < -0.39 is 17.4 Å². The summed E-state index contributed by atoms with van der Waals surface area (Å²) in [4.78, 5) is 35.5. The van der Waals surface area contributed by atoms with Crippen LogP contribution in [0.15, 0.2) is 47.4 Å². The van der Waals surface area contributed by atoms with E-state index in [1.807, 2.05) is 30.3 Å². The van der Waals surface area contributed by atoms with Gasteiger partial charge in [-0.15, -0.1) is 0 Å². The van der Waals surface area contributed by atoms with Crippen LogP contribution in [0.5, 0.6) is 0 Å². The predicted molar refractivity (Wildman–Crippen MR) is 81.2 cm³/mol. The van der Waals surface area contributed by atoms with E-state index in [0.29, 0.717) is 6.54 Å². The highest BCUT2D eigenvalue weighted by atomic mass is 16.4. The maximum atomic E-state index is 12.4. The fourth-order valence-corrected chi connectivity index (χ4v) is 2.07. The number of hydrogen-bond acceptors (Lipinski definition) is 3. The van der Waals surface area contributed by atoms with Gasteiger partial charge in [-0.25, -0.2) is 4.79 Å². The molecule has 1 heterocycles. The summed E-state index contributed by atoms with van der Waals surface area (Å²) < 4.78 is 1.24. The van der Waals surface area contributed by atoms with Gasteiger partial charge in [0.05, 0.1) is 12.1 Å². The van der Waals surface area contributed by atoms with Crippen LogP contribution in [0.2, 0.25) is 0 Å². The second-order valence-electron chi connectivity index (χ2n) is 4.73. The molecule has 0 saturated heterocycles. The molecule has 2 rings (SSSR count). The zero-order chi connectivity index (χ0) is 16.1. The molecule has 2 N–H and O–H groups in total. The second-order valence-corrected chi connectivity index (χ2v) is 4.73. The van der Waals surface area contributed by atoms with Crippen molar-refractivity contribution in [1.82, 2.24) is 9.88 Å². The molecule has 22 heavy (non-hydrogen) atoms. The SMILES string of the molecule is CCNC(=O)c1cc(C(=O)O)cn(Cc2ccccc2)c1=O. The molecule has 6 nitrogen and oxygen atoms in total. The first-order chi connectivity index (χ1) is 10.5. The van der Waals surface area contributed by atoms with Gasteiger partial charge in [-0.3, -0.25) is 9.59 Å². The summed E-state index contributed by atoms with van der Waals surface area (Å²) in [7, 11) is 0. The van der Waals surface area contributed by atoms with Gasteiger partial charge in [-0.1, -0.05) is 30.3 Å². The van der Waals surface area contributed by atoms with E-state index >= 15 is 0 Å². The average molecular weight is 300 g/mol. The van der Waals surface area contributed by atoms with E-state index in [-0.39, 0.29) is 17.7 Å². The van der Waals surface area contributed by atoms with Gasteiger partial charge in [0.1, 0.15) is 5.56 Å². The Kier molecular flexibility index (Phi) is 4.73. The minimum atomic E-state index is -1.19. The zero-order valence-corrected chi connectivity index (χ0v) is 12.1. The van der Waals surface area contributed by atoms with Crippen molar-refractivity contribution in [2.24, 2.45) is 0 Å². The first-order valence-electron chi connectivity index (χ1n) is 6.82. The molecule has 0 saturated carbocycles. The van der Waals surface area contributed by atoms with E-state index in [4.69, 9.17) is 5.11 Å². The fourth-order valence-electron chi connectivity index (χ4n) is 2.07. The number of aromatic nitrogens is 1. The standard InChI is InChI=1S/C16H16N2O4/c1-2-17-14(19)13-8-12(16(21)22)10-18(15(13)20)9-11-6-4-3-5-7-11/h3-8,10H,2,9H2,1H3,(H,17,19)(H,21,22). The zero-order valence-electron chi connectivity index (χ0n) is 12.1. The fraction of sp³-hybridized carbons (Fsp3) is 0.188. The molecule has 114 valence electrons. The lowest BCUT2D eigenvalue weighted by Crippen LogP contribution is -2.33. The number of carboxylic acid groups (broad SMARTS) is 1. The second kappa shape index (κ2) is 6.71. The molecule has 0 aliphatic heterocycles. The van der Waals surface area contributed by atoms with Gasteiger partial charge in [0.2, 0.25) is 0 Å². The van der Waals surface area contributed by atoms with Crippen molar-refractivity contribution in [3.8, 4) is 0 Å². The number of carbonyl (C=O) groups is 2. The number of rotatable bonds is 5. The first kappa shape index (κ1) is 15.5. The van der Waals surface area contributed by atoms with Gasteiger partial charge < -0.3 is 15.0 Å². The van der Waals surface area contributed by atoms with Crippen molar-refractivity contribution < 1.29 is 14.7 Å². The maximum absolute atomic E-state index is 12.4. The third-order valence-electron chi connectivity index (χ3n) is 3.11. The van der Waals surface area contributed by atoms with Crippen LogP contribution in [0.1, 0.15) is 33.2 Å². The van der Waals surface area contributed by atoms with Crippen molar-refractivity contribution in [2.75, 3.05) is 6.54 Å². The van der Waals surface area contributed by atoms with Crippen LogP contribution in [0.4, 0.5) is 0 Å². The molecule has 1 aromatic heterocycles. The van der Waals surface area contributed by atoms with Gasteiger partial charge in [0, 0.05) is 12.7 Å². The third-order valence-corrected chi connectivity index (χ3v) is 3.11. The average Bonchev–Trinajstić information content (AvgIpc) is 2.50. The highest BCUT2D eigenvalue weighted by Crippen LogP contribution is 2.05. The number of benzene rings is 1. The first-order valence-corrected chi connectivity index (χ1v) is 6.82. The van der Waals surface area contributed by atoms with Crippen LogP contribution >= 0.6 is 0 Å². The van der Waals surface area contributed by atoms with Gasteiger partial charge in [0.15, 0.2) is 0 Å². The minimum Gasteiger partial charge on any atom is -0.478 e. The Morgan fingerprint density at radius 2 is 1.91 bits per heavy atom. The molecule has 0 bridgehead atoms. The van der Waals surface area contributed by atoms with E-state index in [1.165, 1.54) is 10.8 Å². The van der Waals surface area contributed by atoms with Crippen molar-refractivity contribution in [2.45, 2.75) is 13.5 Å². The third kappa shape index (κ3) is 3.41. The lowest BCUT2D eigenvalue weighted by Gasteiger charge is -2.10. The number of nitrogens with zero attached hydrogens (tertiary/aromatic N) is 1. The van der Waals surface area contributed by atoms with Crippen LogP contribution in [0.25, 0.3) is 0 Å². The largest absolute Gasteiger partial charge is 0.478 e. The lowest BCUT2D eigenvalue weighted by molar-refractivity contribution is 0.0696. The van der Waals surface area contributed by atoms with Crippen molar-refractivity contribution in [3.05, 3.63) is 69.6 Å². The molecule has 0 aliphatic rings. The summed E-state index contributed by atoms with van der Waals surface area (Å²) >= 11 is 0. The molecule has 0 atom stereocenters. The molecule has 2 aromatic rings. The summed E-state index contributed by atoms with van der Waals surface area (Å²) in [6.07, 6.45) is 1.25. The topological polar surface area (TPSA) is 88.4 Å². The number of pyridine rings is 1. The van der Waals surface area contributed by atoms with Crippen LogP contribution in [0, 0.1) is 0 Å². The summed E-state index contributed by atoms with van der Waals surface area (Å²) in [5.41, 5.74) is 0.0586. The normalized spacial score (nSPS) is 10.2. The summed E-state index contributed by atoms with van der Waals surface area (Å²) in [5, 5.41) is 11.7. The van der Waals surface area contributed by atoms with Gasteiger partial charge in [0.25, 0.3) is 11.5 Å². The van der Waals surface area contributed by atoms with Crippen LogP contribution in [-0.2, 0) is 6.54 Å². The van der Waals surface area contributed by atoms with Gasteiger partial charge in [-0.2, -0.15) is 0 Å². The molecular weight excluding hydrogens is 284 g/mol. The van der Waals surface area contributed by atoms with Crippen LogP contribution in [-0.4, -0.2) is 28.1 Å². The van der Waals surface area contributed by atoms with Crippen molar-refractivity contribution >= 4 is 11.9 Å².